The van der Waals surface area contributed by atoms with Crippen LogP contribution in [-0.2, 0) is 9.53 Å². The van der Waals surface area contributed by atoms with E-state index in [0.29, 0.717) is 0 Å². The fourth-order valence-electron chi connectivity index (χ4n) is 2.91. The molecule has 0 saturated heterocycles. The standard InChI is InChI=1S/C18H24O2/c1-14(19)20-17(15-9-5-4-6-10-15)13-16-11-7-8-12-18(16,2)3/h4-6,9-11,17H,7-8,12-13H2,1-3H3. The lowest BCUT2D eigenvalue weighted by Crippen LogP contribution is -2.21. The minimum atomic E-state index is -0.215. The summed E-state index contributed by atoms with van der Waals surface area (Å²) in [5.41, 5.74) is 2.70. The molecule has 2 nitrogen and oxygen atoms in total. The van der Waals surface area contributed by atoms with E-state index in [-0.39, 0.29) is 17.5 Å². The molecule has 0 aromatic heterocycles. The van der Waals surface area contributed by atoms with Crippen molar-refractivity contribution in [1.29, 1.82) is 0 Å². The molecule has 1 unspecified atom stereocenters. The van der Waals surface area contributed by atoms with Crippen LogP contribution >= 0.6 is 0 Å². The van der Waals surface area contributed by atoms with E-state index in [4.69, 9.17) is 4.74 Å². The molecule has 0 N–H and O–H groups in total. The van der Waals surface area contributed by atoms with Crippen molar-refractivity contribution in [2.24, 2.45) is 5.41 Å². The second-order valence-corrected chi connectivity index (χ2v) is 6.22. The van der Waals surface area contributed by atoms with E-state index in [1.807, 2.05) is 30.3 Å². The Hall–Kier alpha value is -1.57. The second kappa shape index (κ2) is 6.25. The van der Waals surface area contributed by atoms with Gasteiger partial charge in [-0.25, -0.2) is 0 Å². The third-order valence-corrected chi connectivity index (χ3v) is 4.15. The van der Waals surface area contributed by atoms with Gasteiger partial charge in [-0.15, -0.1) is 0 Å². The Morgan fingerprint density at radius 2 is 2.00 bits per heavy atom. The summed E-state index contributed by atoms with van der Waals surface area (Å²) in [4.78, 5) is 11.4. The number of rotatable bonds is 4. The molecule has 1 aliphatic carbocycles. The van der Waals surface area contributed by atoms with Crippen LogP contribution in [0, 0.1) is 5.41 Å². The predicted molar refractivity (Wildman–Crippen MR) is 81.3 cm³/mol. The lowest BCUT2D eigenvalue weighted by molar-refractivity contribution is -0.146. The summed E-state index contributed by atoms with van der Waals surface area (Å²) in [6, 6.07) is 10.0. The molecule has 0 radical (unpaired) electrons. The zero-order chi connectivity index (χ0) is 14.6. The lowest BCUT2D eigenvalue weighted by Gasteiger charge is -2.34. The van der Waals surface area contributed by atoms with Crippen LogP contribution in [0.5, 0.6) is 0 Å². The van der Waals surface area contributed by atoms with Gasteiger partial charge in [0.15, 0.2) is 0 Å². The minimum absolute atomic E-state index is 0.169. The largest absolute Gasteiger partial charge is 0.457 e. The highest BCUT2D eigenvalue weighted by Crippen LogP contribution is 2.41. The number of hydrogen-bond acceptors (Lipinski definition) is 2. The van der Waals surface area contributed by atoms with Crippen molar-refractivity contribution < 1.29 is 9.53 Å². The van der Waals surface area contributed by atoms with Gasteiger partial charge < -0.3 is 4.74 Å². The maximum absolute atomic E-state index is 11.4. The Bertz CT molecular complexity index is 485. The van der Waals surface area contributed by atoms with Crippen LogP contribution in [-0.4, -0.2) is 5.97 Å². The second-order valence-electron chi connectivity index (χ2n) is 6.22. The highest BCUT2D eigenvalue weighted by atomic mass is 16.5. The average molecular weight is 272 g/mol. The zero-order valence-electron chi connectivity index (χ0n) is 12.7. The summed E-state index contributed by atoms with van der Waals surface area (Å²) < 4.78 is 5.55. The maximum Gasteiger partial charge on any atom is 0.303 e. The predicted octanol–water partition coefficient (Wildman–Crippen LogP) is 4.82. The number of carbonyl (C=O) groups is 1. The molecular weight excluding hydrogens is 248 g/mol. The van der Waals surface area contributed by atoms with Crippen LogP contribution in [0.1, 0.15) is 58.1 Å². The first-order valence-electron chi connectivity index (χ1n) is 7.41. The van der Waals surface area contributed by atoms with E-state index in [9.17, 15) is 4.79 Å². The van der Waals surface area contributed by atoms with Crippen molar-refractivity contribution in [2.45, 2.75) is 52.6 Å². The van der Waals surface area contributed by atoms with Crippen molar-refractivity contribution in [3.05, 3.63) is 47.5 Å². The molecule has 1 aromatic carbocycles. The first-order valence-corrected chi connectivity index (χ1v) is 7.41. The monoisotopic (exact) mass is 272 g/mol. The molecule has 2 heteroatoms. The summed E-state index contributed by atoms with van der Waals surface area (Å²) in [7, 11) is 0. The van der Waals surface area contributed by atoms with Crippen LogP contribution in [0.4, 0.5) is 0 Å². The van der Waals surface area contributed by atoms with Crippen LogP contribution in [0.25, 0.3) is 0 Å². The van der Waals surface area contributed by atoms with Gasteiger partial charge in [-0.3, -0.25) is 4.79 Å². The van der Waals surface area contributed by atoms with Gasteiger partial charge in [0.05, 0.1) is 0 Å². The summed E-state index contributed by atoms with van der Waals surface area (Å²) in [5.74, 6) is -0.215. The van der Waals surface area contributed by atoms with Gasteiger partial charge >= 0.3 is 5.97 Å². The van der Waals surface area contributed by atoms with Crippen LogP contribution in [0.2, 0.25) is 0 Å². The van der Waals surface area contributed by atoms with Crippen LogP contribution in [0.3, 0.4) is 0 Å². The third-order valence-electron chi connectivity index (χ3n) is 4.15. The minimum Gasteiger partial charge on any atom is -0.457 e. The summed E-state index contributed by atoms with van der Waals surface area (Å²) >= 11 is 0. The Morgan fingerprint density at radius 3 is 2.60 bits per heavy atom. The zero-order valence-corrected chi connectivity index (χ0v) is 12.7. The number of esters is 1. The molecule has 0 fully saturated rings. The fourth-order valence-corrected chi connectivity index (χ4v) is 2.91. The molecule has 0 spiro atoms. The van der Waals surface area contributed by atoms with Crippen LogP contribution < -0.4 is 0 Å². The van der Waals surface area contributed by atoms with Gasteiger partial charge in [0.1, 0.15) is 6.10 Å². The topological polar surface area (TPSA) is 26.3 Å². The highest BCUT2D eigenvalue weighted by Gasteiger charge is 2.28. The summed E-state index contributed by atoms with van der Waals surface area (Å²) in [6.07, 6.45) is 6.57. The molecule has 1 aliphatic rings. The molecule has 0 aliphatic heterocycles. The van der Waals surface area contributed by atoms with Gasteiger partial charge in [-0.1, -0.05) is 55.8 Å². The first kappa shape index (κ1) is 14.8. The Kier molecular flexibility index (Phi) is 4.64. The molecule has 0 heterocycles. The van der Waals surface area contributed by atoms with Gasteiger partial charge in [-0.2, -0.15) is 0 Å². The van der Waals surface area contributed by atoms with Crippen LogP contribution in [0.15, 0.2) is 42.0 Å². The quantitative estimate of drug-likeness (QED) is 0.580. The molecule has 20 heavy (non-hydrogen) atoms. The van der Waals surface area contributed by atoms with Crippen molar-refractivity contribution in [3.63, 3.8) is 0 Å². The SMILES string of the molecule is CC(=O)OC(CC1=CCCCC1(C)C)c1ccccc1. The van der Waals surface area contributed by atoms with E-state index in [0.717, 1.165) is 18.4 Å². The smallest absolute Gasteiger partial charge is 0.303 e. The molecule has 1 atom stereocenters. The first-order chi connectivity index (χ1) is 9.49. The Morgan fingerprint density at radius 1 is 1.30 bits per heavy atom. The number of allylic oxidation sites excluding steroid dienone is 1. The number of carbonyl (C=O) groups excluding carboxylic acids is 1. The molecule has 0 amide bonds. The average Bonchev–Trinajstić information content (AvgIpc) is 2.40. The van der Waals surface area contributed by atoms with E-state index < -0.39 is 0 Å². The molecule has 2 rings (SSSR count). The number of benzene rings is 1. The van der Waals surface area contributed by atoms with E-state index >= 15 is 0 Å². The van der Waals surface area contributed by atoms with Crippen molar-refractivity contribution >= 4 is 5.97 Å². The maximum atomic E-state index is 11.4. The number of ether oxygens (including phenoxy) is 1. The molecule has 1 aromatic rings. The summed E-state index contributed by atoms with van der Waals surface area (Å²) in [5, 5.41) is 0. The molecular formula is C18H24O2. The highest BCUT2D eigenvalue weighted by molar-refractivity contribution is 5.66. The third kappa shape index (κ3) is 3.72. The molecule has 0 bridgehead atoms. The van der Waals surface area contributed by atoms with Gasteiger partial charge in [0.2, 0.25) is 0 Å². The van der Waals surface area contributed by atoms with E-state index in [2.05, 4.69) is 19.9 Å². The fraction of sp³-hybridized carbons (Fsp3) is 0.500. The lowest BCUT2D eigenvalue weighted by atomic mass is 9.73. The van der Waals surface area contributed by atoms with Crippen molar-refractivity contribution in [2.75, 3.05) is 0 Å². The van der Waals surface area contributed by atoms with E-state index in [1.54, 1.807) is 0 Å². The Balaban J connectivity index is 2.20. The summed E-state index contributed by atoms with van der Waals surface area (Å²) in [6.45, 7) is 6.05. The number of hydrogen-bond donors (Lipinski definition) is 0. The van der Waals surface area contributed by atoms with Crippen molar-refractivity contribution in [3.8, 4) is 0 Å². The normalized spacial score (nSPS) is 19.1. The van der Waals surface area contributed by atoms with Gasteiger partial charge in [-0.05, 0) is 30.2 Å². The van der Waals surface area contributed by atoms with Gasteiger partial charge in [0.25, 0.3) is 0 Å². The molecule has 0 saturated carbocycles. The van der Waals surface area contributed by atoms with E-state index in [1.165, 1.54) is 25.3 Å². The molecule has 108 valence electrons. The van der Waals surface area contributed by atoms with Crippen molar-refractivity contribution in [1.82, 2.24) is 0 Å². The van der Waals surface area contributed by atoms with Gasteiger partial charge in [0, 0.05) is 13.3 Å². The Labute approximate surface area is 121 Å².